The predicted molar refractivity (Wildman–Crippen MR) is 87.3 cm³/mol. The molecule has 0 radical (unpaired) electrons. The zero-order valence-corrected chi connectivity index (χ0v) is 14.2. The average Bonchev–Trinajstić information content (AvgIpc) is 2.96. The molecule has 3 fully saturated rings. The average molecular weight is 350 g/mol. The van der Waals surface area contributed by atoms with Crippen LogP contribution in [0.1, 0.15) is 54.6 Å². The number of hydrogen-bond acceptors (Lipinski definition) is 6. The van der Waals surface area contributed by atoms with E-state index in [4.69, 9.17) is 0 Å². The number of rotatable bonds is 5. The Labute approximate surface area is 144 Å². The number of nitrogens with one attached hydrogen (secondary N) is 2. The minimum absolute atomic E-state index is 0.0518. The van der Waals surface area contributed by atoms with Crippen LogP contribution in [0.2, 0.25) is 0 Å². The summed E-state index contributed by atoms with van der Waals surface area (Å²) in [5.74, 6) is 0.283. The number of aromatic nitrogens is 2. The molecule has 130 valence electrons. The van der Waals surface area contributed by atoms with Crippen LogP contribution in [-0.2, 0) is 4.79 Å². The van der Waals surface area contributed by atoms with Crippen molar-refractivity contribution in [2.45, 2.75) is 63.1 Å². The van der Waals surface area contributed by atoms with Crippen LogP contribution in [0, 0.1) is 11.3 Å². The van der Waals surface area contributed by atoms with Gasteiger partial charge < -0.3 is 15.7 Å². The molecule has 7 nitrogen and oxygen atoms in total. The Kier molecular flexibility index (Phi) is 4.04. The van der Waals surface area contributed by atoms with Gasteiger partial charge in [-0.25, -0.2) is 0 Å². The number of nitrogens with zero attached hydrogens (tertiary/aromatic N) is 2. The molecule has 1 heterocycles. The molecule has 3 saturated carbocycles. The molecule has 24 heavy (non-hydrogen) atoms. The first-order valence-electron chi connectivity index (χ1n) is 8.62. The molecule has 3 N–H and O–H groups in total. The number of aliphatic hydroxyl groups excluding tert-OH is 1. The monoisotopic (exact) mass is 350 g/mol. The van der Waals surface area contributed by atoms with Crippen LogP contribution in [0.5, 0.6) is 0 Å². The van der Waals surface area contributed by atoms with E-state index in [1.807, 2.05) is 0 Å². The molecule has 2 unspecified atom stereocenters. The van der Waals surface area contributed by atoms with Crippen molar-refractivity contribution >= 4 is 23.3 Å². The second-order valence-electron chi connectivity index (χ2n) is 7.43. The summed E-state index contributed by atoms with van der Waals surface area (Å²) in [6.45, 7) is 0. The summed E-state index contributed by atoms with van der Waals surface area (Å²) < 4.78 is 3.67. The van der Waals surface area contributed by atoms with Crippen molar-refractivity contribution in [3.63, 3.8) is 0 Å². The molecule has 0 aromatic carbocycles. The summed E-state index contributed by atoms with van der Waals surface area (Å²) in [6, 6.07) is 0.248. The van der Waals surface area contributed by atoms with Crippen molar-refractivity contribution in [2.75, 3.05) is 0 Å². The molecule has 3 aliphatic rings. The standard InChI is InChI=1S/C16H22N4O3S/c21-13-4-9(16(13)2-1-3-16)5-14(22)18-10-6-11(7-10)19-15(23)12-8-17-20-24-12/h8-11,13,21H,1-7H2,(H,18,22)(H,19,23). The molecule has 0 aliphatic heterocycles. The van der Waals surface area contributed by atoms with Crippen LogP contribution >= 0.6 is 11.5 Å². The Bertz CT molecular complexity index is 625. The van der Waals surface area contributed by atoms with Gasteiger partial charge in [0.05, 0.1) is 12.3 Å². The van der Waals surface area contributed by atoms with E-state index in [0.29, 0.717) is 17.2 Å². The SMILES string of the molecule is O=C(CC1CC(O)C12CCC2)NC1CC(NC(=O)c2cnns2)C1. The highest BCUT2D eigenvalue weighted by atomic mass is 32.1. The largest absolute Gasteiger partial charge is 0.393 e. The zero-order valence-electron chi connectivity index (χ0n) is 13.4. The van der Waals surface area contributed by atoms with Crippen molar-refractivity contribution in [3.05, 3.63) is 11.1 Å². The predicted octanol–water partition coefficient (Wildman–Crippen LogP) is 0.856. The molecule has 0 saturated heterocycles. The Morgan fingerprint density at radius 2 is 2.00 bits per heavy atom. The lowest BCUT2D eigenvalue weighted by atomic mass is 9.47. The summed E-state index contributed by atoms with van der Waals surface area (Å²) in [7, 11) is 0. The lowest BCUT2D eigenvalue weighted by molar-refractivity contribution is -0.175. The molecule has 0 bridgehead atoms. The van der Waals surface area contributed by atoms with Gasteiger partial charge in [0.15, 0.2) is 0 Å². The summed E-state index contributed by atoms with van der Waals surface area (Å²) >= 11 is 1.08. The zero-order chi connectivity index (χ0) is 16.7. The van der Waals surface area contributed by atoms with Crippen LogP contribution in [-0.4, -0.2) is 44.7 Å². The number of amides is 2. The second-order valence-corrected chi connectivity index (χ2v) is 8.21. The molecule has 3 aliphatic carbocycles. The first-order valence-corrected chi connectivity index (χ1v) is 9.40. The number of hydrogen-bond donors (Lipinski definition) is 3. The number of carbonyl (C=O) groups excluding carboxylic acids is 2. The van der Waals surface area contributed by atoms with Crippen molar-refractivity contribution in [1.29, 1.82) is 0 Å². The third kappa shape index (κ3) is 2.71. The van der Waals surface area contributed by atoms with Gasteiger partial charge >= 0.3 is 0 Å². The summed E-state index contributed by atoms with van der Waals surface area (Å²) in [5.41, 5.74) is 0.0518. The van der Waals surface area contributed by atoms with Gasteiger partial charge in [-0.15, -0.1) is 5.10 Å². The molecule has 2 atom stereocenters. The Hall–Kier alpha value is -1.54. The Morgan fingerprint density at radius 1 is 1.25 bits per heavy atom. The van der Waals surface area contributed by atoms with E-state index < -0.39 is 0 Å². The topological polar surface area (TPSA) is 104 Å². The fourth-order valence-corrected chi connectivity index (χ4v) is 4.77. The molecular weight excluding hydrogens is 328 g/mol. The molecule has 2 amide bonds. The molecule has 1 aromatic heterocycles. The second kappa shape index (κ2) is 6.07. The first kappa shape index (κ1) is 16.0. The van der Waals surface area contributed by atoms with Crippen molar-refractivity contribution in [1.82, 2.24) is 20.2 Å². The molecule has 1 aromatic rings. The van der Waals surface area contributed by atoms with Gasteiger partial charge in [-0.3, -0.25) is 9.59 Å². The van der Waals surface area contributed by atoms with Crippen LogP contribution in [0.25, 0.3) is 0 Å². The van der Waals surface area contributed by atoms with Crippen LogP contribution < -0.4 is 10.6 Å². The van der Waals surface area contributed by atoms with Crippen molar-refractivity contribution < 1.29 is 14.7 Å². The van der Waals surface area contributed by atoms with Crippen molar-refractivity contribution in [2.24, 2.45) is 11.3 Å². The molecular formula is C16H22N4O3S. The lowest BCUT2D eigenvalue weighted by Crippen LogP contribution is -2.59. The van der Waals surface area contributed by atoms with E-state index in [-0.39, 0.29) is 35.4 Å². The minimum atomic E-state index is -0.200. The Balaban J connectivity index is 1.17. The highest BCUT2D eigenvalue weighted by Crippen LogP contribution is 2.60. The Morgan fingerprint density at radius 3 is 2.58 bits per heavy atom. The van der Waals surface area contributed by atoms with Gasteiger partial charge in [0.2, 0.25) is 5.91 Å². The van der Waals surface area contributed by atoms with Crippen LogP contribution in [0.4, 0.5) is 0 Å². The van der Waals surface area contributed by atoms with Crippen molar-refractivity contribution in [3.8, 4) is 0 Å². The van der Waals surface area contributed by atoms with Crippen LogP contribution in [0.3, 0.4) is 0 Å². The van der Waals surface area contributed by atoms with Gasteiger partial charge in [-0.1, -0.05) is 10.9 Å². The van der Waals surface area contributed by atoms with Gasteiger partial charge in [0, 0.05) is 18.5 Å². The molecule has 1 spiro atoms. The van der Waals surface area contributed by atoms with E-state index in [9.17, 15) is 14.7 Å². The van der Waals surface area contributed by atoms with E-state index >= 15 is 0 Å². The summed E-state index contributed by atoms with van der Waals surface area (Å²) in [5, 5.41) is 19.6. The third-order valence-electron chi connectivity index (χ3n) is 6.12. The van der Waals surface area contributed by atoms with E-state index in [1.165, 1.54) is 12.6 Å². The maximum atomic E-state index is 12.2. The maximum absolute atomic E-state index is 12.2. The fourth-order valence-electron chi connectivity index (χ4n) is 4.35. The molecule has 4 rings (SSSR count). The minimum Gasteiger partial charge on any atom is -0.393 e. The first-order chi connectivity index (χ1) is 11.6. The third-order valence-corrected chi connectivity index (χ3v) is 6.79. The highest BCUT2D eigenvalue weighted by molar-refractivity contribution is 7.07. The smallest absolute Gasteiger partial charge is 0.264 e. The normalized spacial score (nSPS) is 33.0. The highest BCUT2D eigenvalue weighted by Gasteiger charge is 2.57. The quantitative estimate of drug-likeness (QED) is 0.730. The summed E-state index contributed by atoms with van der Waals surface area (Å²) in [6.07, 6.45) is 7.39. The van der Waals surface area contributed by atoms with Gasteiger partial charge in [-0.05, 0) is 55.0 Å². The maximum Gasteiger partial charge on any atom is 0.264 e. The van der Waals surface area contributed by atoms with Gasteiger partial charge in [-0.2, -0.15) is 0 Å². The summed E-state index contributed by atoms with van der Waals surface area (Å²) in [4.78, 5) is 24.6. The van der Waals surface area contributed by atoms with E-state index in [2.05, 4.69) is 20.2 Å². The van der Waals surface area contributed by atoms with E-state index in [0.717, 1.165) is 43.6 Å². The van der Waals surface area contributed by atoms with Gasteiger partial charge in [0.1, 0.15) is 4.88 Å². The number of carbonyl (C=O) groups is 2. The van der Waals surface area contributed by atoms with Gasteiger partial charge in [0.25, 0.3) is 5.91 Å². The molecule has 8 heteroatoms. The number of aliphatic hydroxyl groups is 1. The van der Waals surface area contributed by atoms with E-state index in [1.54, 1.807) is 0 Å². The lowest BCUT2D eigenvalue weighted by Gasteiger charge is -2.59. The fraction of sp³-hybridized carbons (Fsp3) is 0.750. The van der Waals surface area contributed by atoms with Crippen LogP contribution in [0.15, 0.2) is 6.20 Å².